The summed E-state index contributed by atoms with van der Waals surface area (Å²) in [5.74, 6) is 2.47. The van der Waals surface area contributed by atoms with Gasteiger partial charge in [0.05, 0.1) is 0 Å². The van der Waals surface area contributed by atoms with Crippen molar-refractivity contribution in [3.63, 3.8) is 0 Å². The first kappa shape index (κ1) is 11.2. The van der Waals surface area contributed by atoms with E-state index in [1.54, 1.807) is 6.20 Å². The first-order valence-electron chi connectivity index (χ1n) is 6.18. The number of nitrogens with zero attached hydrogens (tertiary/aromatic N) is 3. The molecule has 0 aliphatic carbocycles. The van der Waals surface area contributed by atoms with Gasteiger partial charge in [-0.2, -0.15) is 0 Å². The van der Waals surface area contributed by atoms with Crippen LogP contribution in [0.3, 0.4) is 0 Å². The zero-order chi connectivity index (χ0) is 12.4. The summed E-state index contributed by atoms with van der Waals surface area (Å²) in [7, 11) is 0. The third-order valence-electron chi connectivity index (χ3n) is 3.04. The SMILES string of the molecule is Cc1ccc(-c2ccnc(N3CCNCC3)n2)o1. The molecule has 18 heavy (non-hydrogen) atoms. The third-order valence-corrected chi connectivity index (χ3v) is 3.04. The van der Waals surface area contributed by atoms with Gasteiger partial charge < -0.3 is 14.6 Å². The minimum Gasteiger partial charge on any atom is -0.460 e. The fraction of sp³-hybridized carbons (Fsp3) is 0.385. The Hall–Kier alpha value is -1.88. The van der Waals surface area contributed by atoms with E-state index in [2.05, 4.69) is 20.2 Å². The van der Waals surface area contributed by atoms with Crippen LogP contribution < -0.4 is 10.2 Å². The van der Waals surface area contributed by atoms with Crippen LogP contribution in [0.5, 0.6) is 0 Å². The first-order chi connectivity index (χ1) is 8.83. The van der Waals surface area contributed by atoms with E-state index in [0.29, 0.717) is 0 Å². The molecule has 0 radical (unpaired) electrons. The van der Waals surface area contributed by atoms with Gasteiger partial charge in [-0.05, 0) is 25.1 Å². The zero-order valence-electron chi connectivity index (χ0n) is 10.4. The van der Waals surface area contributed by atoms with Gasteiger partial charge in [-0.3, -0.25) is 0 Å². The highest BCUT2D eigenvalue weighted by Crippen LogP contribution is 2.21. The molecule has 5 heteroatoms. The molecule has 0 bridgehead atoms. The van der Waals surface area contributed by atoms with Crippen LogP contribution in [0, 0.1) is 6.92 Å². The van der Waals surface area contributed by atoms with Crippen molar-refractivity contribution in [1.82, 2.24) is 15.3 Å². The average molecular weight is 244 g/mol. The largest absolute Gasteiger partial charge is 0.460 e. The summed E-state index contributed by atoms with van der Waals surface area (Å²) in [5, 5.41) is 3.32. The molecule has 1 aliphatic heterocycles. The van der Waals surface area contributed by atoms with Crippen molar-refractivity contribution in [3.8, 4) is 11.5 Å². The van der Waals surface area contributed by atoms with Gasteiger partial charge >= 0.3 is 0 Å². The number of anilines is 1. The molecule has 0 amide bonds. The van der Waals surface area contributed by atoms with Gasteiger partial charge in [-0.25, -0.2) is 9.97 Å². The van der Waals surface area contributed by atoms with Gasteiger partial charge in [0, 0.05) is 32.4 Å². The second-order valence-electron chi connectivity index (χ2n) is 4.39. The Bertz CT molecular complexity index is 531. The fourth-order valence-corrected chi connectivity index (χ4v) is 2.08. The molecule has 2 aromatic heterocycles. The van der Waals surface area contributed by atoms with Crippen molar-refractivity contribution in [1.29, 1.82) is 0 Å². The summed E-state index contributed by atoms with van der Waals surface area (Å²) in [5.41, 5.74) is 0.839. The Morgan fingerprint density at radius 3 is 2.78 bits per heavy atom. The van der Waals surface area contributed by atoms with E-state index in [4.69, 9.17) is 4.42 Å². The topological polar surface area (TPSA) is 54.2 Å². The Kier molecular flexibility index (Phi) is 2.98. The van der Waals surface area contributed by atoms with Gasteiger partial charge in [0.2, 0.25) is 5.95 Å². The Morgan fingerprint density at radius 2 is 2.06 bits per heavy atom. The minimum atomic E-state index is 0.781. The summed E-state index contributed by atoms with van der Waals surface area (Å²) in [6.07, 6.45) is 1.79. The van der Waals surface area contributed by atoms with E-state index in [0.717, 1.165) is 49.3 Å². The van der Waals surface area contributed by atoms with Crippen LogP contribution in [0.1, 0.15) is 5.76 Å². The minimum absolute atomic E-state index is 0.781. The highest BCUT2D eigenvalue weighted by atomic mass is 16.3. The van der Waals surface area contributed by atoms with Gasteiger partial charge in [-0.15, -0.1) is 0 Å². The van der Waals surface area contributed by atoms with E-state index in [9.17, 15) is 0 Å². The highest BCUT2D eigenvalue weighted by molar-refractivity contribution is 5.54. The molecule has 0 spiro atoms. The lowest BCUT2D eigenvalue weighted by Gasteiger charge is -2.27. The second kappa shape index (κ2) is 4.78. The van der Waals surface area contributed by atoms with Crippen molar-refractivity contribution >= 4 is 5.95 Å². The van der Waals surface area contributed by atoms with Gasteiger partial charge in [0.25, 0.3) is 0 Å². The quantitative estimate of drug-likeness (QED) is 0.866. The van der Waals surface area contributed by atoms with E-state index < -0.39 is 0 Å². The lowest BCUT2D eigenvalue weighted by molar-refractivity contribution is 0.545. The molecule has 3 heterocycles. The van der Waals surface area contributed by atoms with Crippen LogP contribution in [-0.2, 0) is 0 Å². The lowest BCUT2D eigenvalue weighted by Crippen LogP contribution is -2.44. The van der Waals surface area contributed by atoms with Crippen molar-refractivity contribution in [2.24, 2.45) is 0 Å². The smallest absolute Gasteiger partial charge is 0.226 e. The molecule has 94 valence electrons. The number of aromatic nitrogens is 2. The maximum absolute atomic E-state index is 5.59. The number of furan rings is 1. The van der Waals surface area contributed by atoms with E-state index in [-0.39, 0.29) is 0 Å². The maximum atomic E-state index is 5.59. The van der Waals surface area contributed by atoms with Gasteiger partial charge in [-0.1, -0.05) is 0 Å². The van der Waals surface area contributed by atoms with Crippen LogP contribution in [0.4, 0.5) is 5.95 Å². The number of hydrogen-bond donors (Lipinski definition) is 1. The van der Waals surface area contributed by atoms with Crippen molar-refractivity contribution < 1.29 is 4.42 Å². The van der Waals surface area contributed by atoms with E-state index in [1.807, 2.05) is 25.1 Å². The Morgan fingerprint density at radius 1 is 1.22 bits per heavy atom. The molecule has 5 nitrogen and oxygen atoms in total. The number of piperazine rings is 1. The van der Waals surface area contributed by atoms with Crippen LogP contribution in [-0.4, -0.2) is 36.1 Å². The molecule has 0 unspecified atom stereocenters. The Balaban J connectivity index is 1.88. The number of hydrogen-bond acceptors (Lipinski definition) is 5. The normalized spacial score (nSPS) is 15.9. The van der Waals surface area contributed by atoms with Crippen LogP contribution >= 0.6 is 0 Å². The summed E-state index contributed by atoms with van der Waals surface area (Å²) >= 11 is 0. The Labute approximate surface area is 106 Å². The van der Waals surface area contributed by atoms with Crippen LogP contribution in [0.2, 0.25) is 0 Å². The molecule has 0 saturated carbocycles. The number of aryl methyl sites for hydroxylation is 1. The highest BCUT2D eigenvalue weighted by Gasteiger charge is 2.14. The van der Waals surface area contributed by atoms with E-state index >= 15 is 0 Å². The molecular formula is C13H16N4O. The molecule has 1 N–H and O–H groups in total. The standard InChI is InChI=1S/C13H16N4O/c1-10-2-3-12(18-10)11-4-5-15-13(16-11)17-8-6-14-7-9-17/h2-5,14H,6-9H2,1H3. The van der Waals surface area contributed by atoms with Gasteiger partial charge in [0.1, 0.15) is 11.5 Å². The average Bonchev–Trinajstić information content (AvgIpc) is 2.87. The first-order valence-corrected chi connectivity index (χ1v) is 6.18. The summed E-state index contributed by atoms with van der Waals surface area (Å²) < 4.78 is 5.59. The third kappa shape index (κ3) is 2.22. The molecule has 0 aromatic carbocycles. The zero-order valence-corrected chi connectivity index (χ0v) is 10.4. The number of rotatable bonds is 2. The molecule has 1 fully saturated rings. The summed E-state index contributed by atoms with van der Waals surface area (Å²) in [6.45, 7) is 5.78. The predicted molar refractivity (Wildman–Crippen MR) is 69.6 cm³/mol. The second-order valence-corrected chi connectivity index (χ2v) is 4.39. The van der Waals surface area contributed by atoms with Crippen molar-refractivity contribution in [2.75, 3.05) is 31.1 Å². The number of nitrogens with one attached hydrogen (secondary N) is 1. The van der Waals surface area contributed by atoms with Gasteiger partial charge in [0.15, 0.2) is 5.76 Å². The monoisotopic (exact) mass is 244 g/mol. The van der Waals surface area contributed by atoms with Crippen molar-refractivity contribution in [2.45, 2.75) is 6.92 Å². The van der Waals surface area contributed by atoms with Crippen molar-refractivity contribution in [3.05, 3.63) is 30.2 Å². The molecule has 1 saturated heterocycles. The lowest BCUT2D eigenvalue weighted by atomic mass is 10.3. The summed E-state index contributed by atoms with van der Waals surface area (Å²) in [6, 6.07) is 5.77. The predicted octanol–water partition coefficient (Wildman–Crippen LogP) is 1.45. The maximum Gasteiger partial charge on any atom is 0.226 e. The molecule has 3 rings (SSSR count). The molecule has 0 atom stereocenters. The molecule has 1 aliphatic rings. The fourth-order valence-electron chi connectivity index (χ4n) is 2.08. The molecular weight excluding hydrogens is 228 g/mol. The summed E-state index contributed by atoms with van der Waals surface area (Å²) in [4.78, 5) is 11.1. The van der Waals surface area contributed by atoms with Crippen LogP contribution in [0.25, 0.3) is 11.5 Å². The van der Waals surface area contributed by atoms with Crippen LogP contribution in [0.15, 0.2) is 28.8 Å². The molecule has 2 aromatic rings. The van der Waals surface area contributed by atoms with E-state index in [1.165, 1.54) is 0 Å².